The molecule has 0 saturated carbocycles. The van der Waals surface area contributed by atoms with Crippen molar-refractivity contribution in [2.45, 2.75) is 19.6 Å². The Labute approximate surface area is 121 Å². The van der Waals surface area contributed by atoms with Gasteiger partial charge in [0.05, 0.1) is 6.54 Å². The maximum atomic E-state index is 12.7. The number of aromatic amines is 1. The van der Waals surface area contributed by atoms with E-state index < -0.39 is 17.6 Å². The number of benzene rings is 1. The van der Waals surface area contributed by atoms with Crippen LogP contribution in [0.1, 0.15) is 17.0 Å². The average Bonchev–Trinajstić information content (AvgIpc) is 2.84. The fraction of sp³-hybridized carbons (Fsp3) is 0.231. The largest absolute Gasteiger partial charge is 0.449 e. The predicted octanol–water partition coefficient (Wildman–Crippen LogP) is 1.89. The van der Waals surface area contributed by atoms with Crippen molar-refractivity contribution in [3.05, 3.63) is 51.6 Å². The monoisotopic (exact) mass is 309 g/mol. The van der Waals surface area contributed by atoms with Crippen molar-refractivity contribution in [1.29, 1.82) is 0 Å². The van der Waals surface area contributed by atoms with Gasteiger partial charge in [-0.1, -0.05) is 35.0 Å². The summed E-state index contributed by atoms with van der Waals surface area (Å²) in [6, 6.07) is 7.38. The van der Waals surface area contributed by atoms with Crippen molar-refractivity contribution >= 4 is 11.2 Å². The Hall–Kier alpha value is -2.71. The second kappa shape index (κ2) is 4.93. The van der Waals surface area contributed by atoms with E-state index in [1.165, 1.54) is 4.68 Å². The summed E-state index contributed by atoms with van der Waals surface area (Å²) >= 11 is 0. The van der Waals surface area contributed by atoms with E-state index in [1.807, 2.05) is 31.2 Å². The highest BCUT2D eigenvalue weighted by molar-refractivity contribution is 5.68. The predicted molar refractivity (Wildman–Crippen MR) is 71.2 cm³/mol. The summed E-state index contributed by atoms with van der Waals surface area (Å²) in [5.74, 6) is -1.36. The van der Waals surface area contributed by atoms with E-state index in [9.17, 15) is 18.0 Å². The smallest absolute Gasteiger partial charge is 0.301 e. The molecule has 0 radical (unpaired) electrons. The molecule has 3 aromatic rings. The lowest BCUT2D eigenvalue weighted by Gasteiger charge is -2.06. The molecule has 0 aliphatic carbocycles. The number of nitrogens with one attached hydrogen (secondary N) is 1. The van der Waals surface area contributed by atoms with Crippen LogP contribution in [0.5, 0.6) is 0 Å². The fourth-order valence-electron chi connectivity index (χ4n) is 1.97. The minimum atomic E-state index is -4.74. The minimum absolute atomic E-state index is 0.171. The second-order valence-electron chi connectivity index (χ2n) is 4.82. The van der Waals surface area contributed by atoms with Crippen LogP contribution in [0.2, 0.25) is 0 Å². The summed E-state index contributed by atoms with van der Waals surface area (Å²) in [4.78, 5) is 16.8. The van der Waals surface area contributed by atoms with E-state index in [1.54, 1.807) is 4.98 Å². The molecule has 1 N–H and O–H groups in total. The van der Waals surface area contributed by atoms with E-state index >= 15 is 0 Å². The quantitative estimate of drug-likeness (QED) is 0.784. The van der Waals surface area contributed by atoms with Gasteiger partial charge in [0.1, 0.15) is 0 Å². The van der Waals surface area contributed by atoms with Crippen molar-refractivity contribution in [1.82, 2.24) is 25.0 Å². The summed E-state index contributed by atoms with van der Waals surface area (Å²) in [6.45, 7) is 2.09. The zero-order valence-corrected chi connectivity index (χ0v) is 11.3. The van der Waals surface area contributed by atoms with E-state index in [0.717, 1.165) is 11.1 Å². The molecule has 2 aromatic heterocycles. The Bertz CT molecular complexity index is 879. The maximum Gasteiger partial charge on any atom is 0.449 e. The fourth-order valence-corrected chi connectivity index (χ4v) is 1.97. The van der Waals surface area contributed by atoms with Gasteiger partial charge in [-0.3, -0.25) is 4.79 Å². The molecule has 0 fully saturated rings. The molecule has 0 spiro atoms. The number of fused-ring (bicyclic) bond motifs is 1. The first-order valence-corrected chi connectivity index (χ1v) is 6.31. The molecule has 0 aliphatic heterocycles. The number of H-pyrrole nitrogens is 1. The van der Waals surface area contributed by atoms with Gasteiger partial charge in [0, 0.05) is 0 Å². The second-order valence-corrected chi connectivity index (χ2v) is 4.82. The van der Waals surface area contributed by atoms with Crippen LogP contribution in [0.15, 0.2) is 29.1 Å². The average molecular weight is 309 g/mol. The number of hydrogen-bond acceptors (Lipinski definition) is 4. The number of rotatable bonds is 2. The van der Waals surface area contributed by atoms with Crippen LogP contribution >= 0.6 is 0 Å². The third kappa shape index (κ3) is 2.57. The van der Waals surface area contributed by atoms with E-state index in [0.29, 0.717) is 0 Å². The molecule has 0 atom stereocenters. The van der Waals surface area contributed by atoms with Crippen LogP contribution in [-0.4, -0.2) is 25.0 Å². The molecule has 0 saturated heterocycles. The van der Waals surface area contributed by atoms with Crippen molar-refractivity contribution in [2.24, 2.45) is 0 Å². The van der Waals surface area contributed by atoms with Crippen LogP contribution in [0.3, 0.4) is 0 Å². The first kappa shape index (κ1) is 14.2. The van der Waals surface area contributed by atoms with Crippen LogP contribution < -0.4 is 5.56 Å². The van der Waals surface area contributed by atoms with Crippen LogP contribution in [0, 0.1) is 6.92 Å². The molecule has 1 aromatic carbocycles. The number of aryl methyl sites for hydroxylation is 1. The van der Waals surface area contributed by atoms with Crippen molar-refractivity contribution in [3.8, 4) is 0 Å². The normalized spacial score (nSPS) is 12.0. The van der Waals surface area contributed by atoms with Gasteiger partial charge in [0.15, 0.2) is 11.2 Å². The molecule has 22 heavy (non-hydrogen) atoms. The molecule has 6 nitrogen and oxygen atoms in total. The van der Waals surface area contributed by atoms with Gasteiger partial charge < -0.3 is 4.98 Å². The Morgan fingerprint density at radius 3 is 2.55 bits per heavy atom. The van der Waals surface area contributed by atoms with Crippen molar-refractivity contribution < 1.29 is 13.2 Å². The number of nitrogens with zero attached hydrogens (tertiary/aromatic N) is 4. The van der Waals surface area contributed by atoms with Crippen molar-refractivity contribution in [2.75, 3.05) is 0 Å². The molecule has 114 valence electrons. The molecular weight excluding hydrogens is 299 g/mol. The molecule has 0 aliphatic rings. The Kier molecular flexibility index (Phi) is 3.19. The molecule has 0 amide bonds. The van der Waals surface area contributed by atoms with Crippen LogP contribution in [-0.2, 0) is 12.7 Å². The lowest BCUT2D eigenvalue weighted by atomic mass is 10.1. The number of aromatic nitrogens is 5. The summed E-state index contributed by atoms with van der Waals surface area (Å²) in [5, 5.41) is 7.31. The molecular formula is C13H10F3N5O. The summed E-state index contributed by atoms with van der Waals surface area (Å²) in [5.41, 5.74) is 0.485. The van der Waals surface area contributed by atoms with Gasteiger partial charge >= 0.3 is 6.18 Å². The van der Waals surface area contributed by atoms with Gasteiger partial charge in [-0.05, 0) is 12.5 Å². The lowest BCUT2D eigenvalue weighted by Crippen LogP contribution is -2.19. The Balaban J connectivity index is 2.09. The third-order valence-corrected chi connectivity index (χ3v) is 3.10. The third-order valence-electron chi connectivity index (χ3n) is 3.10. The standard InChI is InChI=1S/C13H10F3N5O/c1-7-2-4-8(5-3-7)6-21-10-9(19-20-21)11(22)18-12(17-10)13(14,15)16/h2-5H,6H2,1H3,(H,17,18,22). The summed E-state index contributed by atoms with van der Waals surface area (Å²) < 4.78 is 39.3. The van der Waals surface area contributed by atoms with Crippen molar-refractivity contribution in [3.63, 3.8) is 0 Å². The molecule has 0 unspecified atom stereocenters. The zero-order valence-electron chi connectivity index (χ0n) is 11.3. The maximum absolute atomic E-state index is 12.7. The number of alkyl halides is 3. The first-order valence-electron chi connectivity index (χ1n) is 6.31. The molecule has 2 heterocycles. The van der Waals surface area contributed by atoms with E-state index in [-0.39, 0.29) is 17.7 Å². The number of halogens is 3. The Morgan fingerprint density at radius 2 is 1.91 bits per heavy atom. The van der Waals surface area contributed by atoms with Gasteiger partial charge in [0.25, 0.3) is 5.56 Å². The molecule has 9 heteroatoms. The first-order chi connectivity index (χ1) is 10.3. The summed E-state index contributed by atoms with van der Waals surface area (Å²) in [7, 11) is 0. The SMILES string of the molecule is Cc1ccc(Cn2nnc3c(=O)[nH]c(C(F)(F)F)nc32)cc1. The molecule has 0 bridgehead atoms. The Morgan fingerprint density at radius 1 is 1.23 bits per heavy atom. The number of hydrogen-bond donors (Lipinski definition) is 1. The van der Waals surface area contributed by atoms with Crippen LogP contribution in [0.25, 0.3) is 11.2 Å². The van der Waals surface area contributed by atoms with Gasteiger partial charge in [0.2, 0.25) is 5.82 Å². The van der Waals surface area contributed by atoms with Gasteiger partial charge in [-0.25, -0.2) is 9.67 Å². The van der Waals surface area contributed by atoms with Gasteiger partial charge in [-0.15, -0.1) is 5.10 Å². The van der Waals surface area contributed by atoms with E-state index in [2.05, 4.69) is 15.3 Å². The lowest BCUT2D eigenvalue weighted by molar-refractivity contribution is -0.144. The summed E-state index contributed by atoms with van der Waals surface area (Å²) in [6.07, 6.45) is -4.74. The molecule has 3 rings (SSSR count). The zero-order chi connectivity index (χ0) is 15.9. The minimum Gasteiger partial charge on any atom is -0.301 e. The highest BCUT2D eigenvalue weighted by atomic mass is 19.4. The van der Waals surface area contributed by atoms with Crippen LogP contribution in [0.4, 0.5) is 13.2 Å². The highest BCUT2D eigenvalue weighted by Gasteiger charge is 2.35. The van der Waals surface area contributed by atoms with E-state index in [4.69, 9.17) is 0 Å². The highest BCUT2D eigenvalue weighted by Crippen LogP contribution is 2.25. The topological polar surface area (TPSA) is 76.5 Å². The van der Waals surface area contributed by atoms with Gasteiger partial charge in [-0.2, -0.15) is 13.2 Å².